The molecule has 0 radical (unpaired) electrons. The Labute approximate surface area is 187 Å². The van der Waals surface area contributed by atoms with Crippen LogP contribution in [-0.2, 0) is 4.79 Å². The summed E-state index contributed by atoms with van der Waals surface area (Å²) in [5.74, 6) is 0.710. The summed E-state index contributed by atoms with van der Waals surface area (Å²) in [6.45, 7) is 2.97. The molecule has 0 bridgehead atoms. The molecule has 0 aliphatic carbocycles. The quantitative estimate of drug-likeness (QED) is 0.319. The molecule has 1 heterocycles. The van der Waals surface area contributed by atoms with Crippen LogP contribution in [0.4, 0.5) is 5.69 Å². The molecule has 1 fully saturated rings. The standard InChI is InChI=1S/C24H27ClN2O2S/c1-2-3-4-5-6-7-15-29-21-13-11-18(12-14-21)16-22-23(28)27-24(30-22)26-20-10-8-9-19(25)17-20/h8-14,16-17H,2-7,15H2,1H3,(H,26,27,28)/b22-16-. The summed E-state index contributed by atoms with van der Waals surface area (Å²) in [6, 6.07) is 15.0. The highest BCUT2D eigenvalue weighted by molar-refractivity contribution is 8.18. The van der Waals surface area contributed by atoms with Crippen molar-refractivity contribution in [2.75, 3.05) is 6.61 Å². The highest BCUT2D eigenvalue weighted by Crippen LogP contribution is 2.29. The fourth-order valence-corrected chi connectivity index (χ4v) is 4.05. The van der Waals surface area contributed by atoms with Gasteiger partial charge in [-0.15, -0.1) is 0 Å². The van der Waals surface area contributed by atoms with Crippen molar-refractivity contribution in [2.45, 2.75) is 45.4 Å². The van der Waals surface area contributed by atoms with Crippen molar-refractivity contribution in [2.24, 2.45) is 4.99 Å². The van der Waals surface area contributed by atoms with E-state index in [0.717, 1.165) is 24.3 Å². The van der Waals surface area contributed by atoms with Gasteiger partial charge in [-0.05, 0) is 60.2 Å². The number of ether oxygens (including phenoxy) is 1. The van der Waals surface area contributed by atoms with E-state index >= 15 is 0 Å². The Morgan fingerprint density at radius 1 is 1.07 bits per heavy atom. The topological polar surface area (TPSA) is 50.7 Å². The van der Waals surface area contributed by atoms with Crippen LogP contribution in [0.25, 0.3) is 6.08 Å². The Balaban J connectivity index is 1.51. The Morgan fingerprint density at radius 3 is 2.60 bits per heavy atom. The minimum atomic E-state index is -0.149. The summed E-state index contributed by atoms with van der Waals surface area (Å²) in [5.41, 5.74) is 1.65. The van der Waals surface area contributed by atoms with E-state index in [1.807, 2.05) is 42.5 Å². The van der Waals surface area contributed by atoms with Crippen LogP contribution >= 0.6 is 23.4 Å². The summed E-state index contributed by atoms with van der Waals surface area (Å²) in [7, 11) is 0. The van der Waals surface area contributed by atoms with Crippen molar-refractivity contribution in [3.8, 4) is 5.75 Å². The van der Waals surface area contributed by atoms with Crippen LogP contribution in [0.5, 0.6) is 5.75 Å². The second-order valence-corrected chi connectivity index (χ2v) is 8.61. The number of unbranched alkanes of at least 4 members (excludes halogenated alkanes) is 5. The SMILES string of the molecule is CCCCCCCCOc1ccc(/C=C2\SC(=Nc3cccc(Cl)c3)NC2=O)cc1. The number of nitrogens with zero attached hydrogens (tertiary/aromatic N) is 1. The van der Waals surface area contributed by atoms with Crippen molar-refractivity contribution < 1.29 is 9.53 Å². The molecule has 0 atom stereocenters. The van der Waals surface area contributed by atoms with Crippen molar-refractivity contribution in [1.29, 1.82) is 0 Å². The number of amidine groups is 1. The van der Waals surface area contributed by atoms with Crippen LogP contribution in [0.3, 0.4) is 0 Å². The van der Waals surface area contributed by atoms with E-state index in [2.05, 4.69) is 17.2 Å². The minimum absolute atomic E-state index is 0.149. The van der Waals surface area contributed by atoms with Crippen LogP contribution in [-0.4, -0.2) is 17.7 Å². The first-order valence-electron chi connectivity index (χ1n) is 10.4. The second-order valence-electron chi connectivity index (χ2n) is 7.15. The maximum absolute atomic E-state index is 12.2. The number of carbonyl (C=O) groups is 1. The van der Waals surface area contributed by atoms with Gasteiger partial charge in [-0.25, -0.2) is 4.99 Å². The Bertz CT molecular complexity index is 910. The molecule has 0 aromatic heterocycles. The number of nitrogens with one attached hydrogen (secondary N) is 1. The molecule has 30 heavy (non-hydrogen) atoms. The van der Waals surface area contributed by atoms with E-state index in [1.54, 1.807) is 12.1 Å². The highest BCUT2D eigenvalue weighted by Gasteiger charge is 2.23. The van der Waals surface area contributed by atoms with Gasteiger partial charge in [0.25, 0.3) is 5.91 Å². The molecule has 1 amide bonds. The maximum Gasteiger partial charge on any atom is 0.264 e. The number of aliphatic imine (C=N–C) groups is 1. The van der Waals surface area contributed by atoms with Crippen LogP contribution in [0.2, 0.25) is 5.02 Å². The molecule has 0 unspecified atom stereocenters. The van der Waals surface area contributed by atoms with Gasteiger partial charge >= 0.3 is 0 Å². The monoisotopic (exact) mass is 442 g/mol. The predicted molar refractivity (Wildman–Crippen MR) is 128 cm³/mol. The number of thioether (sulfide) groups is 1. The zero-order valence-corrected chi connectivity index (χ0v) is 18.8. The molecule has 1 aliphatic heterocycles. The molecule has 2 aromatic carbocycles. The third-order valence-electron chi connectivity index (χ3n) is 4.63. The van der Waals surface area contributed by atoms with Crippen molar-refractivity contribution in [1.82, 2.24) is 5.32 Å². The zero-order chi connectivity index (χ0) is 21.2. The average molecular weight is 443 g/mol. The molecule has 2 aromatic rings. The van der Waals surface area contributed by atoms with Crippen LogP contribution < -0.4 is 10.1 Å². The van der Waals surface area contributed by atoms with Gasteiger partial charge in [-0.1, -0.05) is 68.8 Å². The Morgan fingerprint density at radius 2 is 1.83 bits per heavy atom. The summed E-state index contributed by atoms with van der Waals surface area (Å²) in [6.07, 6.45) is 9.36. The molecular weight excluding hydrogens is 416 g/mol. The van der Waals surface area contributed by atoms with Gasteiger partial charge in [0.1, 0.15) is 5.75 Å². The number of rotatable bonds is 10. The number of amides is 1. The van der Waals surface area contributed by atoms with Crippen LogP contribution in [0.1, 0.15) is 51.0 Å². The van der Waals surface area contributed by atoms with Gasteiger partial charge in [0.05, 0.1) is 17.2 Å². The predicted octanol–water partition coefficient (Wildman–Crippen LogP) is 6.97. The molecular formula is C24H27ClN2O2S. The lowest BCUT2D eigenvalue weighted by Crippen LogP contribution is -2.19. The van der Waals surface area contributed by atoms with E-state index in [9.17, 15) is 4.79 Å². The molecule has 0 spiro atoms. The van der Waals surface area contributed by atoms with E-state index in [-0.39, 0.29) is 5.91 Å². The van der Waals surface area contributed by atoms with Gasteiger partial charge in [0, 0.05) is 5.02 Å². The first-order valence-corrected chi connectivity index (χ1v) is 11.6. The first kappa shape index (κ1) is 22.4. The number of hydrogen-bond donors (Lipinski definition) is 1. The van der Waals surface area contributed by atoms with E-state index in [4.69, 9.17) is 16.3 Å². The molecule has 6 heteroatoms. The smallest absolute Gasteiger partial charge is 0.264 e. The summed E-state index contributed by atoms with van der Waals surface area (Å²) < 4.78 is 5.82. The highest BCUT2D eigenvalue weighted by atomic mass is 35.5. The zero-order valence-electron chi connectivity index (χ0n) is 17.2. The van der Waals surface area contributed by atoms with E-state index in [1.165, 1.54) is 43.9 Å². The first-order chi connectivity index (χ1) is 14.6. The largest absolute Gasteiger partial charge is 0.494 e. The molecule has 4 nitrogen and oxygen atoms in total. The van der Waals surface area contributed by atoms with Crippen LogP contribution in [0, 0.1) is 0 Å². The van der Waals surface area contributed by atoms with Crippen molar-refractivity contribution in [3.63, 3.8) is 0 Å². The van der Waals surface area contributed by atoms with Gasteiger partial charge in [0.2, 0.25) is 0 Å². The maximum atomic E-state index is 12.2. The van der Waals surface area contributed by atoms with Gasteiger partial charge in [-0.3, -0.25) is 4.79 Å². The van der Waals surface area contributed by atoms with Gasteiger partial charge in [-0.2, -0.15) is 0 Å². The van der Waals surface area contributed by atoms with Crippen LogP contribution in [0.15, 0.2) is 58.4 Å². The summed E-state index contributed by atoms with van der Waals surface area (Å²) >= 11 is 7.31. The Kier molecular flexibility index (Phi) is 8.84. The molecule has 158 valence electrons. The van der Waals surface area contributed by atoms with E-state index in [0.29, 0.717) is 20.8 Å². The second kappa shape index (κ2) is 11.8. The normalized spacial score (nSPS) is 16.3. The van der Waals surface area contributed by atoms with Crippen molar-refractivity contribution in [3.05, 3.63) is 64.0 Å². The van der Waals surface area contributed by atoms with Gasteiger partial charge in [0.15, 0.2) is 5.17 Å². The molecule has 1 aliphatic rings. The third-order valence-corrected chi connectivity index (χ3v) is 5.78. The molecule has 1 N–H and O–H groups in total. The molecule has 3 rings (SSSR count). The lowest BCUT2D eigenvalue weighted by molar-refractivity contribution is -0.115. The number of carbonyl (C=O) groups excluding carboxylic acids is 1. The van der Waals surface area contributed by atoms with E-state index < -0.39 is 0 Å². The van der Waals surface area contributed by atoms with Gasteiger partial charge < -0.3 is 10.1 Å². The fraction of sp³-hybridized carbons (Fsp3) is 0.333. The summed E-state index contributed by atoms with van der Waals surface area (Å²) in [5, 5.41) is 3.95. The van der Waals surface area contributed by atoms with Crippen molar-refractivity contribution >= 4 is 46.2 Å². The molecule has 0 saturated carbocycles. The third kappa shape index (κ3) is 7.22. The average Bonchev–Trinajstić information content (AvgIpc) is 3.07. The fourth-order valence-electron chi connectivity index (χ4n) is 3.03. The lowest BCUT2D eigenvalue weighted by atomic mass is 10.1. The number of halogens is 1. The minimum Gasteiger partial charge on any atom is -0.494 e. The molecule has 1 saturated heterocycles. The number of hydrogen-bond acceptors (Lipinski definition) is 4. The lowest BCUT2D eigenvalue weighted by Gasteiger charge is -2.06. The summed E-state index contributed by atoms with van der Waals surface area (Å²) in [4.78, 5) is 17.3. The Hall–Kier alpha value is -2.24. The number of benzene rings is 2.